The second-order valence-corrected chi connectivity index (χ2v) is 10.1. The minimum absolute atomic E-state index is 0.0633. The molecule has 2 heterocycles. The van der Waals surface area contributed by atoms with Gasteiger partial charge < -0.3 is 10.6 Å². The zero-order valence-corrected chi connectivity index (χ0v) is 16.7. The molecule has 2 aromatic rings. The maximum absolute atomic E-state index is 12.3. The molecule has 6 nitrogen and oxygen atoms in total. The van der Waals surface area contributed by atoms with Crippen LogP contribution in [0.15, 0.2) is 29.2 Å². The van der Waals surface area contributed by atoms with Crippen molar-refractivity contribution in [1.29, 1.82) is 0 Å². The fourth-order valence-electron chi connectivity index (χ4n) is 2.97. The van der Waals surface area contributed by atoms with Crippen LogP contribution in [0.3, 0.4) is 0 Å². The number of sulfone groups is 1. The fraction of sp³-hybridized carbons (Fsp3) is 0.444. The van der Waals surface area contributed by atoms with Crippen LogP contribution in [0.4, 0.5) is 5.13 Å². The Balaban J connectivity index is 1.64. The van der Waals surface area contributed by atoms with Gasteiger partial charge >= 0.3 is 0 Å². The predicted molar refractivity (Wildman–Crippen MR) is 103 cm³/mol. The molecule has 0 saturated heterocycles. The average Bonchev–Trinajstić information content (AvgIpc) is 3.14. The van der Waals surface area contributed by atoms with Gasteiger partial charge in [-0.1, -0.05) is 32.9 Å². The van der Waals surface area contributed by atoms with Crippen molar-refractivity contribution >= 4 is 32.2 Å². The number of carbonyl (C=O) groups is 1. The number of rotatable bonds is 6. The van der Waals surface area contributed by atoms with E-state index in [1.807, 2.05) is 0 Å². The van der Waals surface area contributed by atoms with Crippen molar-refractivity contribution < 1.29 is 13.2 Å². The van der Waals surface area contributed by atoms with E-state index in [4.69, 9.17) is 0 Å². The number of benzene rings is 1. The first-order chi connectivity index (χ1) is 12.3. The molecule has 3 rings (SSSR count). The highest BCUT2D eigenvalue weighted by Gasteiger charge is 2.29. The second-order valence-electron chi connectivity index (χ2n) is 6.70. The molecule has 1 amide bonds. The van der Waals surface area contributed by atoms with Crippen LogP contribution in [-0.2, 0) is 27.6 Å². The fourth-order valence-corrected chi connectivity index (χ4v) is 4.83. The van der Waals surface area contributed by atoms with E-state index in [-0.39, 0.29) is 29.0 Å². The third kappa shape index (κ3) is 3.97. The lowest BCUT2D eigenvalue weighted by Crippen LogP contribution is -2.19. The number of nitrogens with one attached hydrogen (secondary N) is 2. The van der Waals surface area contributed by atoms with Crippen molar-refractivity contribution in [2.45, 2.75) is 44.7 Å². The third-order valence-corrected chi connectivity index (χ3v) is 7.18. The van der Waals surface area contributed by atoms with Gasteiger partial charge in [0.1, 0.15) is 0 Å². The van der Waals surface area contributed by atoms with E-state index in [2.05, 4.69) is 29.5 Å². The van der Waals surface area contributed by atoms with Gasteiger partial charge in [0.05, 0.1) is 28.8 Å². The molecule has 2 N–H and O–H groups in total. The molecule has 26 heavy (non-hydrogen) atoms. The van der Waals surface area contributed by atoms with Crippen molar-refractivity contribution in [2.75, 3.05) is 11.1 Å². The Morgan fingerprint density at radius 1 is 1.35 bits per heavy atom. The van der Waals surface area contributed by atoms with Gasteiger partial charge in [0.25, 0.3) is 0 Å². The van der Waals surface area contributed by atoms with Crippen molar-refractivity contribution in [3.8, 4) is 0 Å². The van der Waals surface area contributed by atoms with Gasteiger partial charge in [-0.15, -0.1) is 11.3 Å². The van der Waals surface area contributed by atoms with E-state index in [0.717, 1.165) is 17.8 Å². The normalized spacial score (nSPS) is 16.7. The number of anilines is 1. The van der Waals surface area contributed by atoms with Crippen molar-refractivity contribution in [1.82, 2.24) is 10.3 Å². The number of nitrogens with zero attached hydrogens (tertiary/aromatic N) is 1. The molecule has 1 aromatic heterocycles. The Hall–Kier alpha value is -1.77. The molecule has 0 spiro atoms. The molecular formula is C18H23N3O3S2. The standard InChI is InChI=1S/C18H23N3O3S2/c1-4-26(23,24)13-7-5-12(6-8-13)9-15(22)20-18-21-17-14(25-18)10-19-16(17)11(2)3/h5-8,11,16,19H,4,9-10H2,1-3H3,(H,20,21,22)/t16-/m0/s1. The first-order valence-electron chi connectivity index (χ1n) is 8.64. The number of thiazole rings is 1. The van der Waals surface area contributed by atoms with E-state index in [1.54, 1.807) is 31.2 Å². The Morgan fingerprint density at radius 3 is 2.65 bits per heavy atom. The SMILES string of the molecule is CCS(=O)(=O)c1ccc(CC(=O)Nc2nc3c(s2)CN[C@H]3C(C)C)cc1. The van der Waals surface area contributed by atoms with E-state index in [9.17, 15) is 13.2 Å². The van der Waals surface area contributed by atoms with Crippen LogP contribution in [0.25, 0.3) is 0 Å². The first-order valence-corrected chi connectivity index (χ1v) is 11.1. The molecule has 140 valence electrons. The molecule has 1 aliphatic heterocycles. The van der Waals surface area contributed by atoms with Gasteiger partial charge in [0, 0.05) is 11.4 Å². The van der Waals surface area contributed by atoms with Crippen molar-refractivity contribution in [3.63, 3.8) is 0 Å². The quantitative estimate of drug-likeness (QED) is 0.788. The highest BCUT2D eigenvalue weighted by atomic mass is 32.2. The molecule has 0 fully saturated rings. The lowest BCUT2D eigenvalue weighted by molar-refractivity contribution is -0.115. The lowest BCUT2D eigenvalue weighted by Gasteiger charge is -2.14. The van der Waals surface area contributed by atoms with E-state index < -0.39 is 9.84 Å². The Labute approximate surface area is 158 Å². The summed E-state index contributed by atoms with van der Waals surface area (Å²) in [5.74, 6) is 0.353. The highest BCUT2D eigenvalue weighted by Crippen LogP contribution is 2.35. The van der Waals surface area contributed by atoms with E-state index in [1.165, 1.54) is 16.2 Å². The minimum Gasteiger partial charge on any atom is -0.303 e. The van der Waals surface area contributed by atoms with Crippen LogP contribution in [0.1, 0.15) is 42.9 Å². The predicted octanol–water partition coefficient (Wildman–Crippen LogP) is 2.92. The number of hydrogen-bond acceptors (Lipinski definition) is 6. The smallest absolute Gasteiger partial charge is 0.230 e. The van der Waals surface area contributed by atoms with Crippen LogP contribution >= 0.6 is 11.3 Å². The minimum atomic E-state index is -3.22. The van der Waals surface area contributed by atoms with Crippen molar-refractivity contribution in [3.05, 3.63) is 40.4 Å². The van der Waals surface area contributed by atoms with Gasteiger partial charge in [-0.3, -0.25) is 4.79 Å². The van der Waals surface area contributed by atoms with Crippen LogP contribution in [0, 0.1) is 5.92 Å². The molecule has 0 aliphatic carbocycles. The van der Waals surface area contributed by atoms with Gasteiger partial charge in [-0.25, -0.2) is 13.4 Å². The second kappa shape index (κ2) is 7.46. The number of carbonyl (C=O) groups excluding carboxylic acids is 1. The maximum atomic E-state index is 12.3. The largest absolute Gasteiger partial charge is 0.303 e. The summed E-state index contributed by atoms with van der Waals surface area (Å²) >= 11 is 1.51. The summed E-state index contributed by atoms with van der Waals surface area (Å²) in [6, 6.07) is 6.71. The highest BCUT2D eigenvalue weighted by molar-refractivity contribution is 7.91. The summed E-state index contributed by atoms with van der Waals surface area (Å²) in [5, 5.41) is 6.91. The molecule has 0 bridgehead atoms. The molecule has 0 radical (unpaired) electrons. The molecule has 1 aliphatic rings. The summed E-state index contributed by atoms with van der Waals surface area (Å²) in [4.78, 5) is 18.3. The van der Waals surface area contributed by atoms with Gasteiger partial charge in [-0.2, -0.15) is 0 Å². The monoisotopic (exact) mass is 393 g/mol. The number of hydrogen-bond donors (Lipinski definition) is 2. The zero-order chi connectivity index (χ0) is 18.9. The summed E-state index contributed by atoms with van der Waals surface area (Å²) in [6.45, 7) is 6.69. The Bertz CT molecular complexity index is 902. The molecule has 1 aromatic carbocycles. The van der Waals surface area contributed by atoms with Crippen LogP contribution < -0.4 is 10.6 Å². The summed E-state index contributed by atoms with van der Waals surface area (Å²) in [5.41, 5.74) is 1.80. The van der Waals surface area contributed by atoms with Crippen LogP contribution in [0.5, 0.6) is 0 Å². The first kappa shape index (κ1) is 19.0. The summed E-state index contributed by atoms with van der Waals surface area (Å²) < 4.78 is 23.7. The summed E-state index contributed by atoms with van der Waals surface area (Å²) in [7, 11) is -3.22. The van der Waals surface area contributed by atoms with Gasteiger partial charge in [0.2, 0.25) is 5.91 Å². The van der Waals surface area contributed by atoms with Crippen LogP contribution in [0.2, 0.25) is 0 Å². The number of fused-ring (bicyclic) bond motifs is 1. The molecule has 1 atom stereocenters. The van der Waals surface area contributed by atoms with E-state index in [0.29, 0.717) is 11.0 Å². The average molecular weight is 394 g/mol. The molecule has 0 unspecified atom stereocenters. The van der Waals surface area contributed by atoms with Crippen molar-refractivity contribution in [2.24, 2.45) is 5.92 Å². The summed E-state index contributed by atoms with van der Waals surface area (Å²) in [6.07, 6.45) is 0.183. The topological polar surface area (TPSA) is 88.2 Å². The lowest BCUT2D eigenvalue weighted by atomic mass is 10.0. The Morgan fingerprint density at radius 2 is 2.04 bits per heavy atom. The number of aromatic nitrogens is 1. The zero-order valence-electron chi connectivity index (χ0n) is 15.1. The molecular weight excluding hydrogens is 370 g/mol. The third-order valence-electron chi connectivity index (χ3n) is 4.44. The maximum Gasteiger partial charge on any atom is 0.230 e. The van der Waals surface area contributed by atoms with Gasteiger partial charge in [0.15, 0.2) is 15.0 Å². The van der Waals surface area contributed by atoms with E-state index >= 15 is 0 Å². The molecule has 0 saturated carbocycles. The molecule has 8 heteroatoms. The van der Waals surface area contributed by atoms with Crippen LogP contribution in [-0.4, -0.2) is 25.1 Å². The number of amides is 1. The Kier molecular flexibility index (Phi) is 5.45. The van der Waals surface area contributed by atoms with Gasteiger partial charge in [-0.05, 0) is 23.6 Å².